The number of hydrogen-bond acceptors (Lipinski definition) is 4. The highest BCUT2D eigenvalue weighted by Gasteiger charge is 2.43. The Balaban J connectivity index is 2.32. The lowest BCUT2D eigenvalue weighted by Gasteiger charge is -2.37. The van der Waals surface area contributed by atoms with Gasteiger partial charge in [-0.25, -0.2) is 4.98 Å². The number of halogens is 3. The smallest absolute Gasteiger partial charge is 0.297 e. The summed E-state index contributed by atoms with van der Waals surface area (Å²) >= 11 is 0.452. The van der Waals surface area contributed by atoms with Crippen LogP contribution in [0.5, 0.6) is 0 Å². The van der Waals surface area contributed by atoms with E-state index in [1.807, 2.05) is 19.0 Å². The van der Waals surface area contributed by atoms with Crippen LogP contribution in [0.4, 0.5) is 13.2 Å². The van der Waals surface area contributed by atoms with E-state index in [2.05, 4.69) is 4.98 Å². The molecule has 1 aromatic rings. The van der Waals surface area contributed by atoms with Crippen LogP contribution in [0.25, 0.3) is 0 Å². The molecular formula is C14H19F3N2OS. The van der Waals surface area contributed by atoms with Gasteiger partial charge in [0.15, 0.2) is 10.8 Å². The number of rotatable bonds is 3. The van der Waals surface area contributed by atoms with E-state index in [-0.39, 0.29) is 10.7 Å². The van der Waals surface area contributed by atoms with Crippen molar-refractivity contribution in [1.82, 2.24) is 9.88 Å². The second-order valence-corrected chi connectivity index (χ2v) is 6.73. The normalized spacial score (nSPS) is 19.5. The zero-order valence-corrected chi connectivity index (χ0v) is 13.0. The maximum Gasteiger partial charge on any atom is 0.443 e. The summed E-state index contributed by atoms with van der Waals surface area (Å²) < 4.78 is 38.0. The predicted octanol–water partition coefficient (Wildman–Crippen LogP) is 4.00. The van der Waals surface area contributed by atoms with Crippen LogP contribution in [0.1, 0.15) is 53.2 Å². The minimum atomic E-state index is -4.49. The lowest BCUT2D eigenvalue weighted by Crippen LogP contribution is -2.50. The summed E-state index contributed by atoms with van der Waals surface area (Å²) in [7, 11) is 3.66. The molecule has 0 saturated heterocycles. The molecule has 0 aromatic carbocycles. The molecule has 1 aliphatic carbocycles. The molecule has 0 radical (unpaired) electrons. The zero-order chi connectivity index (χ0) is 15.7. The summed E-state index contributed by atoms with van der Waals surface area (Å²) in [6.45, 7) is 0. The number of carbonyl (C=O) groups excluding carboxylic acids is 1. The summed E-state index contributed by atoms with van der Waals surface area (Å²) in [5.74, 6) is -0.220. The summed E-state index contributed by atoms with van der Waals surface area (Å²) in [6, 6.07) is 0. The molecule has 118 valence electrons. The van der Waals surface area contributed by atoms with Crippen LogP contribution in [-0.2, 0) is 6.18 Å². The van der Waals surface area contributed by atoms with Crippen LogP contribution < -0.4 is 0 Å². The van der Waals surface area contributed by atoms with E-state index in [0.717, 1.165) is 31.9 Å². The molecule has 0 unspecified atom stereocenters. The summed E-state index contributed by atoms with van der Waals surface area (Å²) in [6.07, 6.45) is 1.96. The Morgan fingerprint density at radius 3 is 2.24 bits per heavy atom. The van der Waals surface area contributed by atoms with Crippen molar-refractivity contribution in [2.45, 2.75) is 50.2 Å². The lowest BCUT2D eigenvalue weighted by atomic mass is 9.84. The molecule has 2 rings (SSSR count). The zero-order valence-electron chi connectivity index (χ0n) is 12.2. The van der Waals surface area contributed by atoms with Crippen molar-refractivity contribution in [3.05, 3.63) is 16.1 Å². The fourth-order valence-corrected chi connectivity index (χ4v) is 3.75. The maximum atomic E-state index is 12.8. The van der Waals surface area contributed by atoms with Gasteiger partial charge in [0.2, 0.25) is 0 Å². The Labute approximate surface area is 126 Å². The maximum absolute atomic E-state index is 12.8. The first-order chi connectivity index (χ1) is 9.77. The van der Waals surface area contributed by atoms with E-state index in [1.54, 1.807) is 0 Å². The van der Waals surface area contributed by atoms with Gasteiger partial charge in [-0.2, -0.15) is 13.2 Å². The van der Waals surface area contributed by atoms with Crippen molar-refractivity contribution in [2.24, 2.45) is 0 Å². The number of ketones is 1. The summed E-state index contributed by atoms with van der Waals surface area (Å²) in [4.78, 5) is 18.2. The minimum Gasteiger partial charge on any atom is -0.297 e. The fourth-order valence-electron chi connectivity index (χ4n) is 2.93. The standard InChI is InChI=1S/C14H19F3N2OS/c1-19(2)13(7-5-3-4-6-8-13)11(20)10-9-18-12(21-10)14(15,16)17/h9H,3-8H2,1-2H3. The van der Waals surface area contributed by atoms with Gasteiger partial charge in [0.25, 0.3) is 0 Å². The van der Waals surface area contributed by atoms with Gasteiger partial charge in [0, 0.05) is 6.20 Å². The Hall–Kier alpha value is -0.950. The van der Waals surface area contributed by atoms with E-state index in [0.29, 0.717) is 24.2 Å². The lowest BCUT2D eigenvalue weighted by molar-refractivity contribution is -0.137. The van der Waals surface area contributed by atoms with Crippen LogP contribution in [-0.4, -0.2) is 35.3 Å². The predicted molar refractivity (Wildman–Crippen MR) is 75.6 cm³/mol. The molecule has 21 heavy (non-hydrogen) atoms. The number of likely N-dealkylation sites (N-methyl/N-ethyl adjacent to an activating group) is 1. The van der Waals surface area contributed by atoms with E-state index < -0.39 is 16.7 Å². The molecule has 0 spiro atoms. The fraction of sp³-hybridized carbons (Fsp3) is 0.714. The summed E-state index contributed by atoms with van der Waals surface area (Å²) in [5, 5.41) is -0.951. The number of Topliss-reactive ketones (excluding diaryl/α,β-unsaturated/α-hetero) is 1. The van der Waals surface area contributed by atoms with Gasteiger partial charge in [-0.05, 0) is 26.9 Å². The van der Waals surface area contributed by atoms with Crippen LogP contribution in [0, 0.1) is 0 Å². The minimum absolute atomic E-state index is 0.109. The number of hydrogen-bond donors (Lipinski definition) is 0. The Kier molecular flexibility index (Phi) is 4.72. The van der Waals surface area contributed by atoms with Gasteiger partial charge < -0.3 is 0 Å². The van der Waals surface area contributed by atoms with Gasteiger partial charge in [-0.1, -0.05) is 25.7 Å². The third-order valence-corrected chi connectivity index (χ3v) is 5.22. The van der Waals surface area contributed by atoms with E-state index in [4.69, 9.17) is 0 Å². The number of aromatic nitrogens is 1. The molecule has 3 nitrogen and oxygen atoms in total. The summed E-state index contributed by atoms with van der Waals surface area (Å²) in [5.41, 5.74) is -0.689. The molecule has 0 N–H and O–H groups in total. The molecule has 0 atom stereocenters. The highest BCUT2D eigenvalue weighted by molar-refractivity contribution is 7.13. The number of alkyl halides is 3. The van der Waals surface area contributed by atoms with Crippen LogP contribution in [0.15, 0.2) is 6.20 Å². The van der Waals surface area contributed by atoms with E-state index in [9.17, 15) is 18.0 Å². The van der Waals surface area contributed by atoms with E-state index >= 15 is 0 Å². The number of carbonyl (C=O) groups is 1. The van der Waals surface area contributed by atoms with Gasteiger partial charge >= 0.3 is 6.18 Å². The number of thiazole rings is 1. The third kappa shape index (κ3) is 3.29. The average molecular weight is 320 g/mol. The largest absolute Gasteiger partial charge is 0.443 e. The second-order valence-electron chi connectivity index (χ2n) is 5.70. The molecule has 1 heterocycles. The monoisotopic (exact) mass is 320 g/mol. The van der Waals surface area contributed by atoms with Crippen molar-refractivity contribution in [3.63, 3.8) is 0 Å². The van der Waals surface area contributed by atoms with Crippen molar-refractivity contribution < 1.29 is 18.0 Å². The molecule has 0 amide bonds. The molecule has 1 saturated carbocycles. The van der Waals surface area contributed by atoms with Crippen LogP contribution in [0.3, 0.4) is 0 Å². The first-order valence-electron chi connectivity index (χ1n) is 7.02. The molecule has 1 fully saturated rings. The molecule has 0 aliphatic heterocycles. The molecule has 1 aliphatic rings. The van der Waals surface area contributed by atoms with Gasteiger partial charge in [-0.3, -0.25) is 9.69 Å². The van der Waals surface area contributed by atoms with Crippen molar-refractivity contribution in [1.29, 1.82) is 0 Å². The first kappa shape index (κ1) is 16.4. The quantitative estimate of drug-likeness (QED) is 0.623. The average Bonchev–Trinajstić information content (AvgIpc) is 2.76. The highest BCUT2D eigenvalue weighted by atomic mass is 32.1. The molecule has 1 aromatic heterocycles. The SMILES string of the molecule is CN(C)C1(C(=O)c2cnc(C(F)(F)F)s2)CCCCCC1. The highest BCUT2D eigenvalue weighted by Crippen LogP contribution is 2.38. The third-order valence-electron chi connectivity index (χ3n) is 4.18. The van der Waals surface area contributed by atoms with Gasteiger partial charge in [-0.15, -0.1) is 11.3 Å². The van der Waals surface area contributed by atoms with Crippen molar-refractivity contribution in [2.75, 3.05) is 14.1 Å². The van der Waals surface area contributed by atoms with Gasteiger partial charge in [0.05, 0.1) is 10.4 Å². The van der Waals surface area contributed by atoms with E-state index in [1.165, 1.54) is 0 Å². The topological polar surface area (TPSA) is 33.2 Å². The second kappa shape index (κ2) is 6.04. The van der Waals surface area contributed by atoms with Gasteiger partial charge in [0.1, 0.15) is 0 Å². The van der Waals surface area contributed by atoms with Crippen molar-refractivity contribution >= 4 is 17.1 Å². The Bertz CT molecular complexity index is 503. The Morgan fingerprint density at radius 2 is 1.81 bits per heavy atom. The first-order valence-corrected chi connectivity index (χ1v) is 7.84. The van der Waals surface area contributed by atoms with Crippen molar-refractivity contribution in [3.8, 4) is 0 Å². The number of nitrogens with zero attached hydrogens (tertiary/aromatic N) is 2. The molecular weight excluding hydrogens is 301 g/mol. The van der Waals surface area contributed by atoms with Crippen LogP contribution in [0.2, 0.25) is 0 Å². The molecule has 0 bridgehead atoms. The van der Waals surface area contributed by atoms with Crippen LogP contribution >= 0.6 is 11.3 Å². The Morgan fingerprint density at radius 1 is 1.24 bits per heavy atom. The molecule has 7 heteroatoms.